The molecule has 1 atom stereocenters. The summed E-state index contributed by atoms with van der Waals surface area (Å²) >= 11 is 0. The summed E-state index contributed by atoms with van der Waals surface area (Å²) in [7, 11) is 0. The van der Waals surface area contributed by atoms with Gasteiger partial charge in [-0.25, -0.2) is 0 Å². The highest BCUT2D eigenvalue weighted by molar-refractivity contribution is 5.96. The van der Waals surface area contributed by atoms with Crippen LogP contribution < -0.4 is 15.4 Å². The second-order valence-corrected chi connectivity index (χ2v) is 5.46. The molecule has 0 aliphatic heterocycles. The molecule has 1 aliphatic carbocycles. The predicted octanol–water partition coefficient (Wildman–Crippen LogP) is 2.47. The topological polar surface area (TPSA) is 67.4 Å². The molecule has 1 fully saturated rings. The van der Waals surface area contributed by atoms with Crippen LogP contribution in [-0.2, 0) is 9.59 Å². The zero-order chi connectivity index (χ0) is 15.2. The smallest absolute Gasteiger partial charge is 0.246 e. The van der Waals surface area contributed by atoms with Gasteiger partial charge in [0.2, 0.25) is 11.8 Å². The summed E-state index contributed by atoms with van der Waals surface area (Å²) in [6.45, 7) is 3.04. The van der Waals surface area contributed by atoms with Gasteiger partial charge in [0.05, 0.1) is 6.10 Å². The molecule has 2 rings (SSSR count). The van der Waals surface area contributed by atoms with Crippen molar-refractivity contribution in [2.45, 2.75) is 51.7 Å². The molecule has 5 heteroatoms. The lowest BCUT2D eigenvalue weighted by atomic mass is 10.2. The van der Waals surface area contributed by atoms with Crippen LogP contribution in [0.5, 0.6) is 5.75 Å². The van der Waals surface area contributed by atoms with E-state index < -0.39 is 6.04 Å². The van der Waals surface area contributed by atoms with E-state index >= 15 is 0 Å². The monoisotopic (exact) mass is 290 g/mol. The highest BCUT2D eigenvalue weighted by Crippen LogP contribution is 2.25. The molecular formula is C16H22N2O3. The maximum atomic E-state index is 11.9. The number of hydrogen-bond donors (Lipinski definition) is 2. The normalized spacial score (nSPS) is 16.3. The fraction of sp³-hybridized carbons (Fsp3) is 0.500. The largest absolute Gasteiger partial charge is 0.490 e. The van der Waals surface area contributed by atoms with Crippen LogP contribution in [0, 0.1) is 0 Å². The van der Waals surface area contributed by atoms with Crippen molar-refractivity contribution in [3.05, 3.63) is 24.3 Å². The molecule has 5 nitrogen and oxygen atoms in total. The van der Waals surface area contributed by atoms with Crippen LogP contribution in [0.15, 0.2) is 24.3 Å². The number of benzene rings is 1. The molecule has 0 unspecified atom stereocenters. The minimum Gasteiger partial charge on any atom is -0.490 e. The fourth-order valence-corrected chi connectivity index (χ4v) is 2.47. The fourth-order valence-electron chi connectivity index (χ4n) is 2.47. The maximum absolute atomic E-state index is 11.9. The Morgan fingerprint density at radius 2 is 2.00 bits per heavy atom. The molecule has 0 heterocycles. The molecule has 2 amide bonds. The van der Waals surface area contributed by atoms with Crippen molar-refractivity contribution in [2.24, 2.45) is 0 Å². The quantitative estimate of drug-likeness (QED) is 0.875. The summed E-state index contributed by atoms with van der Waals surface area (Å²) in [5.74, 6) is 0.297. The average molecular weight is 290 g/mol. The third-order valence-corrected chi connectivity index (χ3v) is 3.52. The van der Waals surface area contributed by atoms with E-state index in [0.717, 1.165) is 18.6 Å². The number of hydrogen-bond acceptors (Lipinski definition) is 3. The summed E-state index contributed by atoms with van der Waals surface area (Å²) in [4.78, 5) is 22.9. The summed E-state index contributed by atoms with van der Waals surface area (Å²) in [6.07, 6.45) is 4.91. The number of amides is 2. The van der Waals surface area contributed by atoms with Gasteiger partial charge in [-0.15, -0.1) is 0 Å². The SMILES string of the molecule is CC(=O)N[C@@H](C)C(=O)Nc1cccc(OC2CCCC2)c1. The lowest BCUT2D eigenvalue weighted by Crippen LogP contribution is -2.40. The van der Waals surface area contributed by atoms with Crippen molar-refractivity contribution in [3.63, 3.8) is 0 Å². The van der Waals surface area contributed by atoms with Crippen LogP contribution in [0.4, 0.5) is 5.69 Å². The van der Waals surface area contributed by atoms with E-state index in [9.17, 15) is 9.59 Å². The predicted molar refractivity (Wildman–Crippen MR) is 81.2 cm³/mol. The van der Waals surface area contributed by atoms with Crippen molar-refractivity contribution < 1.29 is 14.3 Å². The van der Waals surface area contributed by atoms with Crippen molar-refractivity contribution in [1.29, 1.82) is 0 Å². The zero-order valence-corrected chi connectivity index (χ0v) is 12.5. The van der Waals surface area contributed by atoms with E-state index in [1.54, 1.807) is 13.0 Å². The molecule has 114 valence electrons. The minimum atomic E-state index is -0.568. The Morgan fingerprint density at radius 1 is 1.29 bits per heavy atom. The lowest BCUT2D eigenvalue weighted by Gasteiger charge is -2.15. The first-order chi connectivity index (χ1) is 10.0. The maximum Gasteiger partial charge on any atom is 0.246 e. The number of rotatable bonds is 5. The standard InChI is InChI=1S/C16H22N2O3/c1-11(17-12(2)19)16(20)18-13-6-5-9-15(10-13)21-14-7-3-4-8-14/h5-6,9-11,14H,3-4,7-8H2,1-2H3,(H,17,19)(H,18,20)/t11-/m0/s1. The van der Waals surface area contributed by atoms with Gasteiger partial charge in [-0.1, -0.05) is 6.07 Å². The molecule has 0 radical (unpaired) electrons. The summed E-state index contributed by atoms with van der Waals surface area (Å²) in [5, 5.41) is 5.33. The van der Waals surface area contributed by atoms with Crippen LogP contribution in [0.3, 0.4) is 0 Å². The molecule has 1 aliphatic rings. The van der Waals surface area contributed by atoms with Crippen molar-refractivity contribution in [1.82, 2.24) is 5.32 Å². The van der Waals surface area contributed by atoms with Gasteiger partial charge in [-0.2, -0.15) is 0 Å². The first kappa shape index (κ1) is 15.4. The number of ether oxygens (including phenoxy) is 1. The summed E-state index contributed by atoms with van der Waals surface area (Å²) < 4.78 is 5.90. The highest BCUT2D eigenvalue weighted by atomic mass is 16.5. The van der Waals surface area contributed by atoms with Gasteiger partial charge in [-0.3, -0.25) is 9.59 Å². The molecule has 1 saturated carbocycles. The van der Waals surface area contributed by atoms with Crippen molar-refractivity contribution >= 4 is 17.5 Å². The first-order valence-corrected chi connectivity index (χ1v) is 7.39. The van der Waals surface area contributed by atoms with E-state index in [4.69, 9.17) is 4.74 Å². The third-order valence-electron chi connectivity index (χ3n) is 3.52. The lowest BCUT2D eigenvalue weighted by molar-refractivity contribution is -0.124. The van der Waals surface area contributed by atoms with E-state index in [0.29, 0.717) is 5.69 Å². The van der Waals surface area contributed by atoms with Gasteiger partial charge in [-0.05, 0) is 44.7 Å². The Balaban J connectivity index is 1.93. The Hall–Kier alpha value is -2.04. The number of carbonyl (C=O) groups is 2. The highest BCUT2D eigenvalue weighted by Gasteiger charge is 2.17. The van der Waals surface area contributed by atoms with Crippen LogP contribution in [0.2, 0.25) is 0 Å². The second-order valence-electron chi connectivity index (χ2n) is 5.46. The first-order valence-electron chi connectivity index (χ1n) is 7.39. The van der Waals surface area contributed by atoms with Gasteiger partial charge < -0.3 is 15.4 Å². The molecule has 0 spiro atoms. The molecule has 1 aromatic carbocycles. The summed E-state index contributed by atoms with van der Waals surface area (Å²) in [6, 6.07) is 6.80. The van der Waals surface area contributed by atoms with Gasteiger partial charge in [0.25, 0.3) is 0 Å². The Labute approximate surface area is 125 Å². The molecule has 21 heavy (non-hydrogen) atoms. The molecule has 0 saturated heterocycles. The second kappa shape index (κ2) is 7.11. The molecule has 2 N–H and O–H groups in total. The van der Waals surface area contributed by atoms with Gasteiger partial charge >= 0.3 is 0 Å². The summed E-state index contributed by atoms with van der Waals surface area (Å²) in [5.41, 5.74) is 0.674. The molecule has 0 aromatic heterocycles. The van der Waals surface area contributed by atoms with Crippen LogP contribution in [0.1, 0.15) is 39.5 Å². The van der Waals surface area contributed by atoms with Crippen molar-refractivity contribution in [3.8, 4) is 5.75 Å². The van der Waals surface area contributed by atoms with Crippen LogP contribution in [-0.4, -0.2) is 24.0 Å². The molecule has 0 bridgehead atoms. The van der Waals surface area contributed by atoms with Gasteiger partial charge in [0.15, 0.2) is 0 Å². The Kier molecular flexibility index (Phi) is 5.20. The van der Waals surface area contributed by atoms with Crippen molar-refractivity contribution in [2.75, 3.05) is 5.32 Å². The zero-order valence-electron chi connectivity index (χ0n) is 12.5. The Morgan fingerprint density at radius 3 is 2.67 bits per heavy atom. The third kappa shape index (κ3) is 4.77. The van der Waals surface area contributed by atoms with E-state index in [1.165, 1.54) is 19.8 Å². The van der Waals surface area contributed by atoms with E-state index in [2.05, 4.69) is 10.6 Å². The molecule has 1 aromatic rings. The number of anilines is 1. The van der Waals surface area contributed by atoms with E-state index in [1.807, 2.05) is 18.2 Å². The van der Waals surface area contributed by atoms with E-state index in [-0.39, 0.29) is 17.9 Å². The number of carbonyl (C=O) groups excluding carboxylic acids is 2. The Bertz CT molecular complexity index is 510. The van der Waals surface area contributed by atoms with Gasteiger partial charge in [0, 0.05) is 18.7 Å². The van der Waals surface area contributed by atoms with Crippen LogP contribution in [0.25, 0.3) is 0 Å². The molecular weight excluding hydrogens is 268 g/mol. The number of nitrogens with one attached hydrogen (secondary N) is 2. The van der Waals surface area contributed by atoms with Crippen LogP contribution >= 0.6 is 0 Å². The minimum absolute atomic E-state index is 0.226. The van der Waals surface area contributed by atoms with Gasteiger partial charge in [0.1, 0.15) is 11.8 Å². The average Bonchev–Trinajstić information content (AvgIpc) is 2.91.